The van der Waals surface area contributed by atoms with Gasteiger partial charge in [-0.05, 0) is 69.6 Å². The van der Waals surface area contributed by atoms with Crippen molar-refractivity contribution in [3.8, 4) is 0 Å². The average molecular weight is 363 g/mol. The monoisotopic (exact) mass is 362 g/mol. The largest absolute Gasteiger partial charge is 0.346 e. The predicted octanol–water partition coefficient (Wildman–Crippen LogP) is 4.47. The minimum absolute atomic E-state index is 0.0295. The molecule has 3 fully saturated rings. The highest BCUT2D eigenvalue weighted by molar-refractivity contribution is 7.21. The van der Waals surface area contributed by atoms with E-state index in [0.717, 1.165) is 38.6 Å². The first-order chi connectivity index (χ1) is 11.4. The van der Waals surface area contributed by atoms with Crippen molar-refractivity contribution in [3.05, 3.63) is 33.7 Å². The Kier molecular flexibility index (Phi) is 3.90. The fraction of sp³-hybridized carbons (Fsp3) is 0.526. The Labute approximate surface area is 152 Å². The van der Waals surface area contributed by atoms with Gasteiger partial charge in [0.15, 0.2) is 0 Å². The summed E-state index contributed by atoms with van der Waals surface area (Å²) in [6.07, 6.45) is 2.37. The van der Waals surface area contributed by atoms with E-state index < -0.39 is 0 Å². The number of carbonyl (C=O) groups excluding carboxylic acids is 1. The van der Waals surface area contributed by atoms with Gasteiger partial charge in [0.05, 0.1) is 14.6 Å². The SMILES string of the molecule is Cc1ccc2cc(C(=O)N[C@H]3C4CCN(CC4)C3(C)C)sc2c1Cl. The van der Waals surface area contributed by atoms with Gasteiger partial charge in [-0.2, -0.15) is 0 Å². The highest BCUT2D eigenvalue weighted by Gasteiger charge is 2.48. The van der Waals surface area contributed by atoms with Crippen LogP contribution in [0.25, 0.3) is 10.1 Å². The van der Waals surface area contributed by atoms with E-state index in [4.69, 9.17) is 11.6 Å². The molecule has 5 rings (SSSR count). The molecule has 0 aliphatic carbocycles. The Balaban J connectivity index is 1.61. The van der Waals surface area contributed by atoms with Gasteiger partial charge < -0.3 is 5.32 Å². The number of aryl methyl sites for hydroxylation is 1. The van der Waals surface area contributed by atoms with Crippen molar-refractivity contribution in [1.29, 1.82) is 0 Å². The summed E-state index contributed by atoms with van der Waals surface area (Å²) in [7, 11) is 0. The summed E-state index contributed by atoms with van der Waals surface area (Å²) in [6, 6.07) is 6.24. The Morgan fingerprint density at radius 3 is 2.71 bits per heavy atom. The lowest BCUT2D eigenvalue weighted by molar-refractivity contribution is -0.0377. The molecule has 24 heavy (non-hydrogen) atoms. The van der Waals surface area contributed by atoms with Crippen molar-refractivity contribution < 1.29 is 4.79 Å². The fourth-order valence-electron chi connectivity index (χ4n) is 4.37. The summed E-state index contributed by atoms with van der Waals surface area (Å²) in [5.41, 5.74) is 1.08. The van der Waals surface area contributed by atoms with E-state index in [1.165, 1.54) is 24.2 Å². The third kappa shape index (κ3) is 2.47. The fourth-order valence-corrected chi connectivity index (χ4v) is 5.71. The molecular formula is C19H23ClN2OS. The molecule has 1 N–H and O–H groups in total. The van der Waals surface area contributed by atoms with Crippen LogP contribution in [-0.2, 0) is 0 Å². The van der Waals surface area contributed by atoms with Crippen LogP contribution in [-0.4, -0.2) is 35.5 Å². The number of nitrogens with zero attached hydrogens (tertiary/aromatic N) is 1. The van der Waals surface area contributed by atoms with Gasteiger partial charge in [0.1, 0.15) is 0 Å². The highest BCUT2D eigenvalue weighted by atomic mass is 35.5. The lowest BCUT2D eigenvalue weighted by Crippen LogP contribution is -2.69. The number of carbonyl (C=O) groups is 1. The van der Waals surface area contributed by atoms with Crippen LogP contribution in [0.1, 0.15) is 41.9 Å². The van der Waals surface area contributed by atoms with Gasteiger partial charge in [-0.15, -0.1) is 11.3 Å². The minimum Gasteiger partial charge on any atom is -0.346 e. The first-order valence-corrected chi connectivity index (χ1v) is 9.82. The first-order valence-electron chi connectivity index (χ1n) is 8.62. The Bertz CT molecular complexity index is 805. The molecule has 0 radical (unpaired) electrons. The third-order valence-corrected chi connectivity index (χ3v) is 7.68. The summed E-state index contributed by atoms with van der Waals surface area (Å²) in [5, 5.41) is 5.15. The number of amides is 1. The number of hydrogen-bond acceptors (Lipinski definition) is 3. The van der Waals surface area contributed by atoms with Crippen molar-refractivity contribution in [2.75, 3.05) is 13.1 Å². The summed E-state index contributed by atoms with van der Waals surface area (Å²) in [4.78, 5) is 16.2. The van der Waals surface area contributed by atoms with E-state index in [0.29, 0.717) is 5.92 Å². The molecule has 128 valence electrons. The maximum atomic E-state index is 12.9. The van der Waals surface area contributed by atoms with Gasteiger partial charge in [-0.25, -0.2) is 0 Å². The quantitative estimate of drug-likeness (QED) is 0.855. The van der Waals surface area contributed by atoms with Crippen molar-refractivity contribution in [2.45, 2.75) is 45.2 Å². The lowest BCUT2D eigenvalue weighted by atomic mass is 9.72. The zero-order chi connectivity index (χ0) is 17.1. The molecule has 1 atom stereocenters. The molecule has 0 saturated carbocycles. The number of hydrogen-bond donors (Lipinski definition) is 1. The van der Waals surface area contributed by atoms with Gasteiger partial charge in [-0.3, -0.25) is 9.69 Å². The Hall–Kier alpha value is -1.10. The van der Waals surface area contributed by atoms with Crippen LogP contribution < -0.4 is 5.32 Å². The first kappa shape index (κ1) is 16.4. The number of halogens is 1. The number of rotatable bonds is 2. The van der Waals surface area contributed by atoms with Crippen molar-refractivity contribution in [3.63, 3.8) is 0 Å². The number of fused-ring (bicyclic) bond motifs is 4. The predicted molar refractivity (Wildman–Crippen MR) is 101 cm³/mol. The number of thiophene rings is 1. The molecule has 3 aliphatic rings. The molecule has 4 heterocycles. The van der Waals surface area contributed by atoms with Crippen molar-refractivity contribution in [2.24, 2.45) is 5.92 Å². The van der Waals surface area contributed by atoms with E-state index in [1.54, 1.807) is 0 Å². The second-order valence-electron chi connectivity index (χ2n) is 7.65. The highest BCUT2D eigenvalue weighted by Crippen LogP contribution is 2.39. The summed E-state index contributed by atoms with van der Waals surface area (Å²) < 4.78 is 1.01. The van der Waals surface area contributed by atoms with Gasteiger partial charge in [0, 0.05) is 11.6 Å². The van der Waals surface area contributed by atoms with Crippen LogP contribution in [0.5, 0.6) is 0 Å². The molecule has 2 bridgehead atoms. The second kappa shape index (κ2) is 5.72. The summed E-state index contributed by atoms with van der Waals surface area (Å²) >= 11 is 7.90. The minimum atomic E-state index is 0.0295. The smallest absolute Gasteiger partial charge is 0.261 e. The molecule has 3 aliphatic heterocycles. The normalized spacial score (nSPS) is 28.2. The Morgan fingerprint density at radius 2 is 2.04 bits per heavy atom. The maximum Gasteiger partial charge on any atom is 0.261 e. The lowest BCUT2D eigenvalue weighted by Gasteiger charge is -2.56. The number of nitrogens with one attached hydrogen (secondary N) is 1. The standard InChI is InChI=1S/C19H23ClN2OS/c1-11-4-5-13-10-14(24-16(13)15(11)20)18(23)21-17-12-6-8-22(9-7-12)19(17,2)3/h4-5,10,12,17H,6-9H2,1-3H3,(H,21,23)/t17-/m0/s1. The van der Waals surface area contributed by atoms with Gasteiger partial charge >= 0.3 is 0 Å². The second-order valence-corrected chi connectivity index (χ2v) is 9.08. The van der Waals surface area contributed by atoms with Gasteiger partial charge in [0.25, 0.3) is 5.91 Å². The molecule has 1 aromatic carbocycles. The summed E-state index contributed by atoms with van der Waals surface area (Å²) in [5.74, 6) is 0.630. The van der Waals surface area contributed by atoms with E-state index in [2.05, 4.69) is 24.1 Å². The molecule has 3 nitrogen and oxygen atoms in total. The molecule has 1 aromatic heterocycles. The topological polar surface area (TPSA) is 32.3 Å². The zero-order valence-electron chi connectivity index (χ0n) is 14.4. The molecule has 0 unspecified atom stereocenters. The molecular weight excluding hydrogens is 340 g/mol. The van der Waals surface area contributed by atoms with E-state index >= 15 is 0 Å². The average Bonchev–Trinajstić information content (AvgIpc) is 3.00. The van der Waals surface area contributed by atoms with E-state index in [-0.39, 0.29) is 17.5 Å². The molecule has 3 saturated heterocycles. The maximum absolute atomic E-state index is 12.9. The van der Waals surface area contributed by atoms with Crippen LogP contribution >= 0.6 is 22.9 Å². The van der Waals surface area contributed by atoms with Gasteiger partial charge in [0.2, 0.25) is 0 Å². The molecule has 1 amide bonds. The number of benzene rings is 1. The molecule has 5 heteroatoms. The Morgan fingerprint density at radius 1 is 1.33 bits per heavy atom. The molecule has 2 aromatic rings. The van der Waals surface area contributed by atoms with Crippen LogP contribution in [0.3, 0.4) is 0 Å². The van der Waals surface area contributed by atoms with E-state index in [9.17, 15) is 4.79 Å². The van der Waals surface area contributed by atoms with Crippen molar-refractivity contribution in [1.82, 2.24) is 10.2 Å². The van der Waals surface area contributed by atoms with Crippen LogP contribution in [0.2, 0.25) is 5.02 Å². The molecule has 0 spiro atoms. The van der Waals surface area contributed by atoms with Crippen molar-refractivity contribution >= 4 is 38.9 Å². The number of piperidine rings is 3. The van der Waals surface area contributed by atoms with E-state index in [1.807, 2.05) is 25.1 Å². The van der Waals surface area contributed by atoms with Crippen LogP contribution in [0.15, 0.2) is 18.2 Å². The van der Waals surface area contributed by atoms with Crippen LogP contribution in [0, 0.1) is 12.8 Å². The summed E-state index contributed by atoms with van der Waals surface area (Å²) in [6.45, 7) is 8.82. The zero-order valence-corrected chi connectivity index (χ0v) is 15.9. The van der Waals surface area contributed by atoms with Gasteiger partial charge in [-0.1, -0.05) is 23.7 Å². The third-order valence-electron chi connectivity index (χ3n) is 5.92. The van der Waals surface area contributed by atoms with Crippen LogP contribution in [0.4, 0.5) is 0 Å².